The van der Waals surface area contributed by atoms with Crippen molar-refractivity contribution in [2.45, 2.75) is 6.92 Å². The number of aliphatic carboxylic acids is 1. The van der Waals surface area contributed by atoms with Gasteiger partial charge in [-0.15, -0.1) is 0 Å². The fourth-order valence-corrected chi connectivity index (χ4v) is 0.563. The molecule has 2 N–H and O–H groups in total. The molecule has 15 heavy (non-hydrogen) atoms. The number of hydrogen-bond acceptors (Lipinski definition) is 3. The number of aryl methyl sites for hydroxylation is 1. The molecule has 82 valence electrons. The normalized spacial score (nSPS) is 7.27. The molecule has 0 atom stereocenters. The first kappa shape index (κ1) is 15.4. The molecule has 0 heterocycles. The molecule has 0 aliphatic rings. The molecule has 1 aromatic rings. The van der Waals surface area contributed by atoms with Crippen LogP contribution in [-0.2, 0) is 9.59 Å². The van der Waals surface area contributed by atoms with Gasteiger partial charge in [-0.2, -0.15) is 0 Å². The van der Waals surface area contributed by atoms with E-state index >= 15 is 0 Å². The summed E-state index contributed by atoms with van der Waals surface area (Å²) in [5.74, 6) is -0.613. The van der Waals surface area contributed by atoms with Gasteiger partial charge in [0.15, 0.2) is 0 Å². The monoisotopic (exact) mass is 210 g/mol. The van der Waals surface area contributed by atoms with Crippen LogP contribution in [0.5, 0.6) is 5.75 Å². The van der Waals surface area contributed by atoms with Crippen molar-refractivity contribution >= 4 is 12.8 Å². The molecule has 4 nitrogen and oxygen atoms in total. The average molecular weight is 210 g/mol. The second-order valence-corrected chi connectivity index (χ2v) is 2.33. The molecule has 0 saturated carbocycles. The zero-order valence-electron chi connectivity index (χ0n) is 8.51. The van der Waals surface area contributed by atoms with E-state index in [1.165, 1.54) is 0 Å². The maximum absolute atomic E-state index is 9.25. The molecule has 4 heteroatoms. The van der Waals surface area contributed by atoms with Crippen LogP contribution in [0.3, 0.4) is 0 Å². The summed E-state index contributed by atoms with van der Waals surface area (Å²) in [4.78, 5) is 17.2. The SMILES string of the molecule is C=CC(=O)O.C=O.Cc1ccccc1O. The lowest BCUT2D eigenvalue weighted by Crippen LogP contribution is -1.82. The lowest BCUT2D eigenvalue weighted by molar-refractivity contribution is -0.131. The molecule has 0 aliphatic heterocycles. The third kappa shape index (κ3) is 9.82. The molecular weight excluding hydrogens is 196 g/mol. The Morgan fingerprint density at radius 1 is 1.33 bits per heavy atom. The maximum Gasteiger partial charge on any atom is 0.327 e. The van der Waals surface area contributed by atoms with Crippen LogP contribution in [0, 0.1) is 6.92 Å². The third-order valence-electron chi connectivity index (χ3n) is 1.29. The molecule has 0 unspecified atom stereocenters. The first-order valence-corrected chi connectivity index (χ1v) is 3.96. The Morgan fingerprint density at radius 2 is 1.73 bits per heavy atom. The number of carbonyl (C=O) groups is 2. The maximum atomic E-state index is 9.25. The van der Waals surface area contributed by atoms with Gasteiger partial charge in [-0.1, -0.05) is 24.8 Å². The van der Waals surface area contributed by atoms with Crippen molar-refractivity contribution in [1.29, 1.82) is 0 Å². The lowest BCUT2D eigenvalue weighted by atomic mass is 10.2. The number of phenols is 1. The van der Waals surface area contributed by atoms with E-state index in [0.29, 0.717) is 5.75 Å². The van der Waals surface area contributed by atoms with Gasteiger partial charge in [-0.05, 0) is 18.6 Å². The van der Waals surface area contributed by atoms with E-state index in [1.807, 2.05) is 31.9 Å². The summed E-state index contributed by atoms with van der Waals surface area (Å²) in [6, 6.07) is 7.25. The minimum absolute atomic E-state index is 0.368. The predicted molar refractivity (Wildman–Crippen MR) is 57.8 cm³/mol. The fraction of sp³-hybridized carbons (Fsp3) is 0.0909. The van der Waals surface area contributed by atoms with Gasteiger partial charge in [-0.25, -0.2) is 4.79 Å². The van der Waals surface area contributed by atoms with E-state index in [4.69, 9.17) is 15.0 Å². The molecule has 0 fully saturated rings. The summed E-state index contributed by atoms with van der Waals surface area (Å²) in [6.07, 6.45) is 0.833. The minimum Gasteiger partial charge on any atom is -0.508 e. The van der Waals surface area contributed by atoms with E-state index in [2.05, 4.69) is 6.58 Å². The zero-order chi connectivity index (χ0) is 12.3. The Balaban J connectivity index is 0. The Hall–Kier alpha value is -2.10. The van der Waals surface area contributed by atoms with Crippen molar-refractivity contribution in [1.82, 2.24) is 0 Å². The molecule has 0 spiro atoms. The number of carboxylic acids is 1. The standard InChI is InChI=1S/C7H8O.C3H4O2.CH2O/c1-6-4-2-3-5-7(6)8;1-2-3(4)5;1-2/h2-5,8H,1H3;2H,1H2,(H,4,5);1H2. The van der Waals surface area contributed by atoms with Gasteiger partial charge < -0.3 is 15.0 Å². The summed E-state index contributed by atoms with van der Waals surface area (Å²) in [7, 11) is 0. The van der Waals surface area contributed by atoms with Crippen LogP contribution >= 0.6 is 0 Å². The summed E-state index contributed by atoms with van der Waals surface area (Å²) in [5.41, 5.74) is 0.924. The van der Waals surface area contributed by atoms with Gasteiger partial charge in [0.1, 0.15) is 12.5 Å². The molecule has 0 saturated heterocycles. The van der Waals surface area contributed by atoms with Crippen molar-refractivity contribution in [3.63, 3.8) is 0 Å². The van der Waals surface area contributed by atoms with Crippen LogP contribution in [0.15, 0.2) is 36.9 Å². The zero-order valence-corrected chi connectivity index (χ0v) is 8.51. The van der Waals surface area contributed by atoms with Crippen molar-refractivity contribution in [2.24, 2.45) is 0 Å². The van der Waals surface area contributed by atoms with Gasteiger partial charge in [0.2, 0.25) is 0 Å². The highest BCUT2D eigenvalue weighted by Gasteiger charge is 1.86. The molecular formula is C11H14O4. The number of para-hydroxylation sites is 1. The summed E-state index contributed by atoms with van der Waals surface area (Å²) >= 11 is 0. The van der Waals surface area contributed by atoms with E-state index in [1.54, 1.807) is 6.07 Å². The second kappa shape index (κ2) is 9.98. The van der Waals surface area contributed by atoms with Crippen LogP contribution in [0.2, 0.25) is 0 Å². The number of phenolic OH excluding ortho intramolecular Hbond substituents is 1. The van der Waals surface area contributed by atoms with E-state index in [0.717, 1.165) is 11.6 Å². The van der Waals surface area contributed by atoms with E-state index in [9.17, 15) is 4.79 Å². The molecule has 1 aromatic carbocycles. The quantitative estimate of drug-likeness (QED) is 0.693. The van der Waals surface area contributed by atoms with Gasteiger partial charge in [-0.3, -0.25) is 0 Å². The van der Waals surface area contributed by atoms with Crippen LogP contribution in [0.1, 0.15) is 5.56 Å². The molecule has 0 aromatic heterocycles. The van der Waals surface area contributed by atoms with Gasteiger partial charge in [0.05, 0.1) is 0 Å². The highest BCUT2D eigenvalue weighted by atomic mass is 16.4. The molecule has 0 amide bonds. The van der Waals surface area contributed by atoms with Crippen LogP contribution in [0.25, 0.3) is 0 Å². The van der Waals surface area contributed by atoms with Crippen LogP contribution in [-0.4, -0.2) is 23.0 Å². The highest BCUT2D eigenvalue weighted by molar-refractivity contribution is 5.78. The first-order valence-electron chi connectivity index (χ1n) is 3.96. The molecule has 1 rings (SSSR count). The second-order valence-electron chi connectivity index (χ2n) is 2.33. The number of carboxylic acid groups (broad SMARTS) is 1. The van der Waals surface area contributed by atoms with Gasteiger partial charge >= 0.3 is 5.97 Å². The Bertz CT molecular complexity index is 286. The Kier molecular flexibility index (Phi) is 10.2. The van der Waals surface area contributed by atoms with Gasteiger partial charge in [0, 0.05) is 6.08 Å². The summed E-state index contributed by atoms with van der Waals surface area (Å²) in [6.45, 7) is 6.83. The number of benzene rings is 1. The lowest BCUT2D eigenvalue weighted by Gasteiger charge is -1.92. The summed E-state index contributed by atoms with van der Waals surface area (Å²) < 4.78 is 0. The average Bonchev–Trinajstić information content (AvgIpc) is 2.26. The fourth-order valence-electron chi connectivity index (χ4n) is 0.563. The van der Waals surface area contributed by atoms with Crippen molar-refractivity contribution in [2.75, 3.05) is 0 Å². The molecule has 0 radical (unpaired) electrons. The Morgan fingerprint density at radius 3 is 1.93 bits per heavy atom. The molecule has 0 bridgehead atoms. The molecule has 0 aliphatic carbocycles. The van der Waals surface area contributed by atoms with E-state index < -0.39 is 5.97 Å². The smallest absolute Gasteiger partial charge is 0.327 e. The predicted octanol–water partition coefficient (Wildman–Crippen LogP) is 1.77. The Labute approximate surface area is 88.5 Å². The van der Waals surface area contributed by atoms with Crippen molar-refractivity contribution in [3.8, 4) is 5.75 Å². The number of hydrogen-bond donors (Lipinski definition) is 2. The van der Waals surface area contributed by atoms with Crippen LogP contribution < -0.4 is 0 Å². The third-order valence-corrected chi connectivity index (χ3v) is 1.29. The number of carbonyl (C=O) groups excluding carboxylic acids is 1. The van der Waals surface area contributed by atoms with Crippen molar-refractivity contribution < 1.29 is 19.8 Å². The largest absolute Gasteiger partial charge is 0.508 e. The summed E-state index contributed by atoms with van der Waals surface area (Å²) in [5, 5.41) is 16.5. The van der Waals surface area contributed by atoms with Crippen LogP contribution in [0.4, 0.5) is 0 Å². The highest BCUT2D eigenvalue weighted by Crippen LogP contribution is 2.12. The van der Waals surface area contributed by atoms with Gasteiger partial charge in [0.25, 0.3) is 0 Å². The van der Waals surface area contributed by atoms with Crippen molar-refractivity contribution in [3.05, 3.63) is 42.5 Å². The minimum atomic E-state index is -0.981. The first-order chi connectivity index (χ1) is 7.07. The topological polar surface area (TPSA) is 74.6 Å². The number of aromatic hydroxyl groups is 1. The number of rotatable bonds is 1. The van der Waals surface area contributed by atoms with E-state index in [-0.39, 0.29) is 0 Å².